The van der Waals surface area contributed by atoms with Crippen LogP contribution < -0.4 is 10.1 Å². The zero-order chi connectivity index (χ0) is 15.8. The standard InChI is InChI=1S/C17H27NO3/c1-12(2)8-16(17(19)20)18-6-5-7-21-15-10-13(3)9-14(4)11-15/h9-12,16,18H,5-8H2,1-4H3,(H,19,20). The zero-order valence-corrected chi connectivity index (χ0v) is 13.5. The largest absolute Gasteiger partial charge is 0.494 e. The minimum atomic E-state index is -0.779. The smallest absolute Gasteiger partial charge is 0.320 e. The molecule has 1 atom stereocenters. The van der Waals surface area contributed by atoms with Crippen LogP contribution in [0.25, 0.3) is 0 Å². The predicted octanol–water partition coefficient (Wildman–Crippen LogP) is 3.16. The fourth-order valence-electron chi connectivity index (χ4n) is 2.30. The second-order valence-electron chi connectivity index (χ2n) is 6.00. The van der Waals surface area contributed by atoms with Crippen LogP contribution in [0.5, 0.6) is 5.75 Å². The molecule has 21 heavy (non-hydrogen) atoms. The van der Waals surface area contributed by atoms with Gasteiger partial charge in [-0.2, -0.15) is 0 Å². The summed E-state index contributed by atoms with van der Waals surface area (Å²) < 4.78 is 5.70. The van der Waals surface area contributed by atoms with E-state index < -0.39 is 12.0 Å². The Morgan fingerprint density at radius 2 is 1.86 bits per heavy atom. The highest BCUT2D eigenvalue weighted by Gasteiger charge is 2.17. The zero-order valence-electron chi connectivity index (χ0n) is 13.5. The van der Waals surface area contributed by atoms with E-state index in [1.807, 2.05) is 39.8 Å². The average Bonchev–Trinajstić information content (AvgIpc) is 2.35. The Morgan fingerprint density at radius 3 is 2.38 bits per heavy atom. The number of aliphatic carboxylic acids is 1. The molecule has 1 aromatic carbocycles. The van der Waals surface area contributed by atoms with Crippen molar-refractivity contribution < 1.29 is 14.6 Å². The predicted molar refractivity (Wildman–Crippen MR) is 84.9 cm³/mol. The summed E-state index contributed by atoms with van der Waals surface area (Å²) >= 11 is 0. The normalized spacial score (nSPS) is 12.4. The van der Waals surface area contributed by atoms with E-state index in [2.05, 4.69) is 11.4 Å². The third-order valence-electron chi connectivity index (χ3n) is 3.18. The molecule has 0 amide bonds. The van der Waals surface area contributed by atoms with Gasteiger partial charge in [-0.05, 0) is 62.4 Å². The van der Waals surface area contributed by atoms with Gasteiger partial charge in [0, 0.05) is 0 Å². The first kappa shape index (κ1) is 17.5. The summed E-state index contributed by atoms with van der Waals surface area (Å²) in [6, 6.07) is 5.67. The van der Waals surface area contributed by atoms with E-state index in [1.54, 1.807) is 0 Å². The second-order valence-corrected chi connectivity index (χ2v) is 6.00. The monoisotopic (exact) mass is 293 g/mol. The van der Waals surface area contributed by atoms with Gasteiger partial charge in [-0.1, -0.05) is 19.9 Å². The minimum absolute atomic E-state index is 0.366. The highest BCUT2D eigenvalue weighted by Crippen LogP contribution is 2.16. The van der Waals surface area contributed by atoms with Crippen molar-refractivity contribution in [3.05, 3.63) is 29.3 Å². The summed E-state index contributed by atoms with van der Waals surface area (Å²) in [6.07, 6.45) is 1.43. The minimum Gasteiger partial charge on any atom is -0.494 e. The van der Waals surface area contributed by atoms with E-state index in [1.165, 1.54) is 11.1 Å². The third kappa shape index (κ3) is 7.14. The number of carboxylic acids is 1. The van der Waals surface area contributed by atoms with Crippen LogP contribution in [-0.4, -0.2) is 30.3 Å². The van der Waals surface area contributed by atoms with Crippen LogP contribution in [0.4, 0.5) is 0 Å². The van der Waals surface area contributed by atoms with Gasteiger partial charge in [-0.25, -0.2) is 0 Å². The van der Waals surface area contributed by atoms with Gasteiger partial charge in [-0.15, -0.1) is 0 Å². The van der Waals surface area contributed by atoms with Crippen LogP contribution in [0.1, 0.15) is 37.8 Å². The Labute approximate surface area is 127 Å². The SMILES string of the molecule is Cc1cc(C)cc(OCCCNC(CC(C)C)C(=O)O)c1. The number of carboxylic acid groups (broad SMARTS) is 1. The molecule has 2 N–H and O–H groups in total. The topological polar surface area (TPSA) is 58.6 Å². The number of hydrogen-bond acceptors (Lipinski definition) is 3. The molecule has 0 aromatic heterocycles. The Balaban J connectivity index is 2.28. The van der Waals surface area contributed by atoms with E-state index in [0.29, 0.717) is 25.5 Å². The van der Waals surface area contributed by atoms with Crippen molar-refractivity contribution in [2.75, 3.05) is 13.2 Å². The van der Waals surface area contributed by atoms with Crippen LogP contribution in [0, 0.1) is 19.8 Å². The molecule has 0 aliphatic heterocycles. The van der Waals surface area contributed by atoms with Gasteiger partial charge in [0.05, 0.1) is 6.61 Å². The van der Waals surface area contributed by atoms with Crippen molar-refractivity contribution >= 4 is 5.97 Å². The van der Waals surface area contributed by atoms with Gasteiger partial charge >= 0.3 is 5.97 Å². The fraction of sp³-hybridized carbons (Fsp3) is 0.588. The van der Waals surface area contributed by atoms with E-state index in [9.17, 15) is 4.79 Å². The fourth-order valence-corrected chi connectivity index (χ4v) is 2.30. The summed E-state index contributed by atoms with van der Waals surface area (Å²) in [5.41, 5.74) is 2.37. The number of hydrogen-bond donors (Lipinski definition) is 2. The Kier molecular flexibility index (Phi) is 7.23. The molecule has 0 fully saturated rings. The van der Waals surface area contributed by atoms with Crippen LogP contribution in [0.3, 0.4) is 0 Å². The maximum absolute atomic E-state index is 11.1. The van der Waals surface area contributed by atoms with Crippen LogP contribution in [0.2, 0.25) is 0 Å². The first-order valence-electron chi connectivity index (χ1n) is 7.55. The summed E-state index contributed by atoms with van der Waals surface area (Å²) in [6.45, 7) is 9.38. The lowest BCUT2D eigenvalue weighted by atomic mass is 10.0. The van der Waals surface area contributed by atoms with E-state index in [-0.39, 0.29) is 0 Å². The molecule has 0 aliphatic carbocycles. The molecular weight excluding hydrogens is 266 g/mol. The van der Waals surface area contributed by atoms with Crippen LogP contribution >= 0.6 is 0 Å². The molecule has 4 nitrogen and oxygen atoms in total. The van der Waals surface area contributed by atoms with Crippen molar-refractivity contribution in [2.24, 2.45) is 5.92 Å². The summed E-state index contributed by atoms with van der Waals surface area (Å²) in [5, 5.41) is 12.2. The quantitative estimate of drug-likeness (QED) is 0.687. The Morgan fingerprint density at radius 1 is 1.24 bits per heavy atom. The average molecular weight is 293 g/mol. The molecule has 1 unspecified atom stereocenters. The third-order valence-corrected chi connectivity index (χ3v) is 3.18. The van der Waals surface area contributed by atoms with E-state index in [4.69, 9.17) is 9.84 Å². The maximum atomic E-state index is 11.1. The molecule has 0 bridgehead atoms. The Hall–Kier alpha value is -1.55. The van der Waals surface area contributed by atoms with Gasteiger partial charge in [0.1, 0.15) is 11.8 Å². The molecule has 0 heterocycles. The molecule has 1 rings (SSSR count). The summed E-state index contributed by atoms with van der Waals surface area (Å²) in [5.74, 6) is 0.466. The highest BCUT2D eigenvalue weighted by atomic mass is 16.5. The molecule has 0 saturated heterocycles. The van der Waals surface area contributed by atoms with Crippen molar-refractivity contribution in [3.8, 4) is 5.75 Å². The van der Waals surface area contributed by atoms with Crippen LogP contribution in [-0.2, 0) is 4.79 Å². The number of nitrogens with one attached hydrogen (secondary N) is 1. The number of aryl methyl sites for hydroxylation is 2. The van der Waals surface area contributed by atoms with Gasteiger partial charge < -0.3 is 15.2 Å². The maximum Gasteiger partial charge on any atom is 0.320 e. The molecule has 4 heteroatoms. The van der Waals surface area contributed by atoms with Crippen molar-refractivity contribution in [2.45, 2.75) is 46.6 Å². The summed E-state index contributed by atoms with van der Waals surface area (Å²) in [4.78, 5) is 11.1. The van der Waals surface area contributed by atoms with E-state index in [0.717, 1.165) is 12.2 Å². The molecular formula is C17H27NO3. The molecule has 0 radical (unpaired) electrons. The number of rotatable bonds is 9. The molecule has 118 valence electrons. The second kappa shape index (κ2) is 8.67. The van der Waals surface area contributed by atoms with Gasteiger partial charge in [0.15, 0.2) is 0 Å². The van der Waals surface area contributed by atoms with Crippen molar-refractivity contribution in [1.82, 2.24) is 5.32 Å². The van der Waals surface area contributed by atoms with Crippen LogP contribution in [0.15, 0.2) is 18.2 Å². The lowest BCUT2D eigenvalue weighted by molar-refractivity contribution is -0.139. The summed E-state index contributed by atoms with van der Waals surface area (Å²) in [7, 11) is 0. The first-order valence-corrected chi connectivity index (χ1v) is 7.55. The van der Waals surface area contributed by atoms with E-state index >= 15 is 0 Å². The van der Waals surface area contributed by atoms with Gasteiger partial charge in [0.25, 0.3) is 0 Å². The molecule has 0 aliphatic rings. The lowest BCUT2D eigenvalue weighted by Gasteiger charge is -2.16. The number of benzene rings is 1. The van der Waals surface area contributed by atoms with Crippen molar-refractivity contribution in [1.29, 1.82) is 0 Å². The Bertz CT molecular complexity index is 437. The molecule has 0 spiro atoms. The van der Waals surface area contributed by atoms with Gasteiger partial charge in [0.2, 0.25) is 0 Å². The number of ether oxygens (including phenoxy) is 1. The molecule has 0 saturated carbocycles. The molecule has 1 aromatic rings. The van der Waals surface area contributed by atoms with Crippen molar-refractivity contribution in [3.63, 3.8) is 0 Å². The van der Waals surface area contributed by atoms with Gasteiger partial charge in [-0.3, -0.25) is 4.79 Å². The lowest BCUT2D eigenvalue weighted by Crippen LogP contribution is -2.38. The first-order chi connectivity index (χ1) is 9.88. The number of carbonyl (C=O) groups is 1. The highest BCUT2D eigenvalue weighted by molar-refractivity contribution is 5.73.